The molecule has 0 radical (unpaired) electrons. The van der Waals surface area contributed by atoms with Crippen molar-refractivity contribution in [2.24, 2.45) is 10.7 Å². The Morgan fingerprint density at radius 3 is 2.37 bits per heavy atom. The molecule has 2 saturated carbocycles. The second-order valence-corrected chi connectivity index (χ2v) is 5.57. The Labute approximate surface area is 134 Å². The Morgan fingerprint density at radius 1 is 1.16 bits per heavy atom. The van der Waals surface area contributed by atoms with Crippen LogP contribution in [0.3, 0.4) is 0 Å². The highest BCUT2D eigenvalue weighted by Crippen LogP contribution is 2.24. The van der Waals surface area contributed by atoms with Gasteiger partial charge in [0.2, 0.25) is 0 Å². The first-order valence-electron chi connectivity index (χ1n) is 7.41. The molecule has 19 heavy (non-hydrogen) atoms. The van der Waals surface area contributed by atoms with E-state index in [0.29, 0.717) is 31.3 Å². The zero-order valence-corrected chi connectivity index (χ0v) is 14.3. The lowest BCUT2D eigenvalue weighted by Crippen LogP contribution is -2.36. The smallest absolute Gasteiger partial charge is 0.191 e. The van der Waals surface area contributed by atoms with Crippen LogP contribution in [0.2, 0.25) is 0 Å². The standard InChI is InChI=1S/C14H27N3O.HI/c1-17(12-8-9-12)14(15)16-10-11-18-13-6-4-2-3-5-7-13;/h12-13H,2-11H2,1H3,(H2,15,16);1H. The van der Waals surface area contributed by atoms with Crippen LogP contribution in [0, 0.1) is 0 Å². The van der Waals surface area contributed by atoms with Gasteiger partial charge in [0, 0.05) is 13.1 Å². The summed E-state index contributed by atoms with van der Waals surface area (Å²) in [5.41, 5.74) is 5.92. The summed E-state index contributed by atoms with van der Waals surface area (Å²) < 4.78 is 5.89. The molecular formula is C14H28IN3O. The van der Waals surface area contributed by atoms with Crippen molar-refractivity contribution in [3.8, 4) is 0 Å². The summed E-state index contributed by atoms with van der Waals surface area (Å²) in [6.07, 6.45) is 10.8. The molecule has 0 bridgehead atoms. The van der Waals surface area contributed by atoms with Crippen LogP contribution in [0.15, 0.2) is 4.99 Å². The predicted molar refractivity (Wildman–Crippen MR) is 90.1 cm³/mol. The van der Waals surface area contributed by atoms with Gasteiger partial charge in [0.05, 0.1) is 19.3 Å². The van der Waals surface area contributed by atoms with Gasteiger partial charge < -0.3 is 15.4 Å². The summed E-state index contributed by atoms with van der Waals surface area (Å²) >= 11 is 0. The Hall–Kier alpha value is -0.0400. The maximum Gasteiger partial charge on any atom is 0.191 e. The molecule has 112 valence electrons. The highest BCUT2D eigenvalue weighted by atomic mass is 127. The van der Waals surface area contributed by atoms with Gasteiger partial charge in [0.25, 0.3) is 0 Å². The molecule has 0 aromatic rings. The molecule has 5 heteroatoms. The molecule has 0 aliphatic heterocycles. The number of aliphatic imine (C=N–C) groups is 1. The number of nitrogens with two attached hydrogens (primary N) is 1. The second-order valence-electron chi connectivity index (χ2n) is 5.57. The first kappa shape index (κ1) is 17.0. The monoisotopic (exact) mass is 381 g/mol. The van der Waals surface area contributed by atoms with Crippen molar-refractivity contribution in [3.63, 3.8) is 0 Å². The van der Waals surface area contributed by atoms with Gasteiger partial charge >= 0.3 is 0 Å². The Kier molecular flexibility index (Phi) is 8.06. The lowest BCUT2D eigenvalue weighted by atomic mass is 10.1. The molecule has 0 saturated heterocycles. The molecule has 0 unspecified atom stereocenters. The van der Waals surface area contributed by atoms with Crippen LogP contribution in [0.25, 0.3) is 0 Å². The molecule has 0 atom stereocenters. The minimum Gasteiger partial charge on any atom is -0.376 e. The maximum absolute atomic E-state index is 5.92. The molecule has 0 spiro atoms. The quantitative estimate of drug-likeness (QED) is 0.262. The van der Waals surface area contributed by atoms with Crippen molar-refractivity contribution in [3.05, 3.63) is 0 Å². The van der Waals surface area contributed by atoms with Crippen molar-refractivity contribution in [2.75, 3.05) is 20.2 Å². The third kappa shape index (κ3) is 6.29. The Morgan fingerprint density at radius 2 is 1.79 bits per heavy atom. The van der Waals surface area contributed by atoms with E-state index in [0.717, 1.165) is 0 Å². The molecule has 2 aliphatic carbocycles. The molecule has 2 fully saturated rings. The van der Waals surface area contributed by atoms with E-state index in [2.05, 4.69) is 9.89 Å². The fourth-order valence-electron chi connectivity index (χ4n) is 2.55. The topological polar surface area (TPSA) is 50.8 Å². The van der Waals surface area contributed by atoms with Crippen LogP contribution in [-0.4, -0.2) is 43.2 Å². The van der Waals surface area contributed by atoms with E-state index in [4.69, 9.17) is 10.5 Å². The minimum absolute atomic E-state index is 0. The zero-order chi connectivity index (χ0) is 12.8. The predicted octanol–water partition coefficient (Wildman–Crippen LogP) is 2.75. The van der Waals surface area contributed by atoms with Gasteiger partial charge in [-0.05, 0) is 25.7 Å². The normalized spacial score (nSPS) is 21.6. The summed E-state index contributed by atoms with van der Waals surface area (Å²) in [4.78, 5) is 6.48. The van der Waals surface area contributed by atoms with E-state index in [1.54, 1.807) is 0 Å². The lowest BCUT2D eigenvalue weighted by Gasteiger charge is -2.17. The average molecular weight is 381 g/mol. The molecule has 0 aromatic heterocycles. The number of hydrogen-bond acceptors (Lipinski definition) is 2. The summed E-state index contributed by atoms with van der Waals surface area (Å²) in [7, 11) is 2.03. The second kappa shape index (κ2) is 9.00. The van der Waals surface area contributed by atoms with Crippen LogP contribution < -0.4 is 5.73 Å². The molecule has 2 N–H and O–H groups in total. The fraction of sp³-hybridized carbons (Fsp3) is 0.929. The van der Waals surface area contributed by atoms with Crippen LogP contribution in [0.5, 0.6) is 0 Å². The summed E-state index contributed by atoms with van der Waals surface area (Å²) in [5, 5.41) is 0. The van der Waals surface area contributed by atoms with Gasteiger partial charge in [-0.1, -0.05) is 25.7 Å². The third-order valence-corrected chi connectivity index (χ3v) is 3.98. The fourth-order valence-corrected chi connectivity index (χ4v) is 2.55. The van der Waals surface area contributed by atoms with Crippen LogP contribution in [-0.2, 0) is 4.74 Å². The van der Waals surface area contributed by atoms with E-state index in [9.17, 15) is 0 Å². The highest BCUT2D eigenvalue weighted by Gasteiger charge is 2.27. The molecule has 0 aromatic carbocycles. The van der Waals surface area contributed by atoms with Crippen LogP contribution in [0.4, 0.5) is 0 Å². The number of guanidine groups is 1. The van der Waals surface area contributed by atoms with Crippen LogP contribution in [0.1, 0.15) is 51.4 Å². The summed E-state index contributed by atoms with van der Waals surface area (Å²) in [6, 6.07) is 0.636. The summed E-state index contributed by atoms with van der Waals surface area (Å²) in [5.74, 6) is 0.668. The number of nitrogens with zero attached hydrogens (tertiary/aromatic N) is 2. The van der Waals surface area contributed by atoms with Crippen molar-refractivity contribution < 1.29 is 4.74 Å². The lowest BCUT2D eigenvalue weighted by molar-refractivity contribution is 0.0486. The number of hydrogen-bond donors (Lipinski definition) is 1. The van der Waals surface area contributed by atoms with Crippen LogP contribution >= 0.6 is 24.0 Å². The largest absolute Gasteiger partial charge is 0.376 e. The van der Waals surface area contributed by atoms with Gasteiger partial charge in [-0.2, -0.15) is 0 Å². The third-order valence-electron chi connectivity index (χ3n) is 3.98. The van der Waals surface area contributed by atoms with E-state index in [1.807, 2.05) is 7.05 Å². The van der Waals surface area contributed by atoms with Gasteiger partial charge in [0.1, 0.15) is 0 Å². The van der Waals surface area contributed by atoms with Crippen molar-refractivity contribution >= 4 is 29.9 Å². The SMILES string of the molecule is CN(C(N)=NCCOC1CCCCCC1)C1CC1.I. The van der Waals surface area contributed by atoms with Crippen molar-refractivity contribution in [2.45, 2.75) is 63.5 Å². The first-order valence-corrected chi connectivity index (χ1v) is 7.41. The highest BCUT2D eigenvalue weighted by molar-refractivity contribution is 14.0. The molecule has 2 aliphatic rings. The van der Waals surface area contributed by atoms with Crippen molar-refractivity contribution in [1.29, 1.82) is 0 Å². The van der Waals surface area contributed by atoms with Crippen molar-refractivity contribution in [1.82, 2.24) is 4.90 Å². The number of ether oxygens (including phenoxy) is 1. The van der Waals surface area contributed by atoms with E-state index in [1.165, 1.54) is 51.4 Å². The zero-order valence-electron chi connectivity index (χ0n) is 12.0. The molecular weight excluding hydrogens is 353 g/mol. The minimum atomic E-state index is 0. The molecule has 4 nitrogen and oxygen atoms in total. The molecule has 2 rings (SSSR count). The van der Waals surface area contributed by atoms with E-state index >= 15 is 0 Å². The van der Waals surface area contributed by atoms with Gasteiger partial charge in [-0.15, -0.1) is 24.0 Å². The first-order chi connectivity index (χ1) is 8.77. The molecule has 0 heterocycles. The molecule has 0 amide bonds. The van der Waals surface area contributed by atoms with Gasteiger partial charge in [-0.25, -0.2) is 0 Å². The average Bonchev–Trinajstić information content (AvgIpc) is 3.19. The number of halogens is 1. The van der Waals surface area contributed by atoms with E-state index in [-0.39, 0.29) is 24.0 Å². The maximum atomic E-state index is 5.92. The van der Waals surface area contributed by atoms with Gasteiger partial charge in [-0.3, -0.25) is 4.99 Å². The number of rotatable bonds is 5. The Bertz CT molecular complexity index is 274. The van der Waals surface area contributed by atoms with Gasteiger partial charge in [0.15, 0.2) is 5.96 Å². The summed E-state index contributed by atoms with van der Waals surface area (Å²) in [6.45, 7) is 1.41. The van der Waals surface area contributed by atoms with E-state index < -0.39 is 0 Å². The Balaban J connectivity index is 0.00000180.